The lowest BCUT2D eigenvalue weighted by Crippen LogP contribution is -2.19. The Morgan fingerprint density at radius 3 is 2.67 bits per heavy atom. The Hall–Kier alpha value is -2.55. The van der Waals surface area contributed by atoms with Gasteiger partial charge < -0.3 is 5.32 Å². The third-order valence-electron chi connectivity index (χ3n) is 3.10. The third kappa shape index (κ3) is 4.25. The number of benzene rings is 1. The third-order valence-corrected chi connectivity index (χ3v) is 5.01. The van der Waals surface area contributed by atoms with Crippen molar-refractivity contribution in [3.8, 4) is 12.1 Å². The number of aromatic amines is 1. The van der Waals surface area contributed by atoms with Crippen LogP contribution in [0, 0.1) is 29.6 Å². The summed E-state index contributed by atoms with van der Waals surface area (Å²) in [5.41, 5.74) is 7.90. The average molecular weight is 403 g/mol. The molecule has 4 N–H and O–H groups in total. The highest BCUT2D eigenvalue weighted by molar-refractivity contribution is 9.10. The maximum absolute atomic E-state index is 12.1. The number of hydrogen-bond acceptors (Lipinski definition) is 5. The van der Waals surface area contributed by atoms with Crippen LogP contribution < -0.4 is 16.0 Å². The van der Waals surface area contributed by atoms with E-state index in [2.05, 4.69) is 26.2 Å². The molecule has 1 aromatic heterocycles. The number of nitriles is 2. The van der Waals surface area contributed by atoms with Gasteiger partial charge in [-0.05, 0) is 36.8 Å². The molecule has 2 rings (SSSR count). The number of thioether (sulfide) groups is 1. The molecule has 6 nitrogen and oxygen atoms in total. The van der Waals surface area contributed by atoms with Gasteiger partial charge in [-0.3, -0.25) is 10.5 Å². The van der Waals surface area contributed by atoms with Crippen molar-refractivity contribution >= 4 is 45.1 Å². The molecule has 0 radical (unpaired) electrons. The Labute approximate surface area is 151 Å². The van der Waals surface area contributed by atoms with E-state index in [9.17, 15) is 4.79 Å². The summed E-state index contributed by atoms with van der Waals surface area (Å²) in [6.07, 6.45) is 0. The number of H-pyrrole nitrogens is 1. The number of nitrogens with one attached hydrogen (secondary N) is 2. The quantitative estimate of drug-likeness (QED) is 0.762. The maximum atomic E-state index is 12.1. The Balaban J connectivity index is 2.06. The van der Waals surface area contributed by atoms with Gasteiger partial charge in [-0.2, -0.15) is 10.5 Å². The molecule has 0 aliphatic heterocycles. The molecule has 0 atom stereocenters. The Kier molecular flexibility index (Phi) is 5.80. The fourth-order valence-electron chi connectivity index (χ4n) is 1.89. The molecule has 2 aromatic rings. The largest absolute Gasteiger partial charge is 0.325 e. The van der Waals surface area contributed by atoms with Crippen molar-refractivity contribution in [2.45, 2.75) is 11.9 Å². The van der Waals surface area contributed by atoms with Gasteiger partial charge in [0.2, 0.25) is 5.91 Å². The maximum Gasteiger partial charge on any atom is 0.289 e. The summed E-state index contributed by atoms with van der Waals surface area (Å²) < 4.78 is 0.969. The normalized spacial score (nSPS) is 9.83. The molecule has 1 amide bonds. The predicted molar refractivity (Wildman–Crippen MR) is 95.1 cm³/mol. The van der Waals surface area contributed by atoms with E-state index in [1.54, 1.807) is 6.07 Å². The van der Waals surface area contributed by atoms with Gasteiger partial charge in [0.25, 0.3) is 5.82 Å². The van der Waals surface area contributed by atoms with Crippen LogP contribution in [0.4, 0.5) is 11.5 Å². The van der Waals surface area contributed by atoms with Gasteiger partial charge in [0.15, 0.2) is 5.03 Å². The highest BCUT2D eigenvalue weighted by Gasteiger charge is 2.16. The molecule has 24 heavy (non-hydrogen) atoms. The monoisotopic (exact) mass is 402 g/mol. The van der Waals surface area contributed by atoms with Crippen LogP contribution in [0.15, 0.2) is 33.8 Å². The highest BCUT2D eigenvalue weighted by atomic mass is 79.9. The zero-order valence-electron chi connectivity index (χ0n) is 12.7. The fraction of sp³-hybridized carbons (Fsp3) is 0.125. The van der Waals surface area contributed by atoms with Gasteiger partial charge in [-0.15, -0.1) is 0 Å². The molecule has 1 heterocycles. The topological polar surface area (TPSA) is 117 Å². The van der Waals surface area contributed by atoms with Crippen molar-refractivity contribution in [2.75, 3.05) is 16.8 Å². The minimum absolute atomic E-state index is 0.103. The number of hydrogen-bond donors (Lipinski definition) is 2. The number of nitrogens with zero attached hydrogens (tertiary/aromatic N) is 2. The number of nitrogens with two attached hydrogens (primary N) is 1. The van der Waals surface area contributed by atoms with Crippen LogP contribution in [0.1, 0.15) is 16.7 Å². The van der Waals surface area contributed by atoms with E-state index >= 15 is 0 Å². The zero-order valence-corrected chi connectivity index (χ0v) is 15.1. The minimum Gasteiger partial charge on any atom is -0.325 e. The molecule has 0 aliphatic rings. The fourth-order valence-corrected chi connectivity index (χ4v) is 2.93. The van der Waals surface area contributed by atoms with Gasteiger partial charge in [-0.1, -0.05) is 27.7 Å². The summed E-state index contributed by atoms with van der Waals surface area (Å²) in [6.45, 7) is 1.93. The number of rotatable bonds is 4. The minimum atomic E-state index is -0.207. The first-order valence-electron chi connectivity index (χ1n) is 6.79. The molecule has 0 spiro atoms. The van der Waals surface area contributed by atoms with E-state index in [1.807, 2.05) is 31.2 Å². The van der Waals surface area contributed by atoms with Gasteiger partial charge in [-0.25, -0.2) is 4.98 Å². The van der Waals surface area contributed by atoms with Crippen molar-refractivity contribution in [1.82, 2.24) is 0 Å². The number of carbonyl (C=O) groups excluding carboxylic acids is 1. The van der Waals surface area contributed by atoms with E-state index in [-0.39, 0.29) is 28.6 Å². The number of aryl methyl sites for hydroxylation is 1. The number of carbonyl (C=O) groups is 1. The van der Waals surface area contributed by atoms with Crippen LogP contribution in [0.2, 0.25) is 0 Å². The molecule has 0 aliphatic carbocycles. The molecule has 8 heteroatoms. The first-order valence-corrected chi connectivity index (χ1v) is 8.57. The second-order valence-corrected chi connectivity index (χ2v) is 6.70. The zero-order chi connectivity index (χ0) is 17.7. The number of amides is 1. The van der Waals surface area contributed by atoms with Crippen LogP contribution in [-0.2, 0) is 4.79 Å². The van der Waals surface area contributed by atoms with E-state index < -0.39 is 0 Å². The number of anilines is 2. The van der Waals surface area contributed by atoms with E-state index in [1.165, 1.54) is 6.07 Å². The van der Waals surface area contributed by atoms with Crippen molar-refractivity contribution in [2.24, 2.45) is 0 Å². The number of halogens is 1. The molecule has 120 valence electrons. The van der Waals surface area contributed by atoms with Crippen LogP contribution in [0.3, 0.4) is 0 Å². The Morgan fingerprint density at radius 2 is 2.04 bits per heavy atom. The van der Waals surface area contributed by atoms with E-state index in [4.69, 9.17) is 16.3 Å². The number of pyridine rings is 1. The number of nitrogen functional groups attached to an aromatic ring is 1. The summed E-state index contributed by atoms with van der Waals surface area (Å²) in [6, 6.07) is 10.8. The molecule has 0 saturated carbocycles. The van der Waals surface area contributed by atoms with Gasteiger partial charge in [0.1, 0.15) is 23.3 Å². The first kappa shape index (κ1) is 17.8. The molecule has 1 aromatic carbocycles. The van der Waals surface area contributed by atoms with Crippen molar-refractivity contribution < 1.29 is 9.78 Å². The second-order valence-electron chi connectivity index (χ2n) is 4.86. The Morgan fingerprint density at radius 1 is 1.33 bits per heavy atom. The van der Waals surface area contributed by atoms with Crippen molar-refractivity contribution in [1.29, 1.82) is 10.5 Å². The average Bonchev–Trinajstić information content (AvgIpc) is 2.56. The van der Waals surface area contributed by atoms with Gasteiger partial charge in [0, 0.05) is 10.2 Å². The second kappa shape index (κ2) is 7.82. The van der Waals surface area contributed by atoms with Gasteiger partial charge in [0.05, 0.1) is 5.75 Å². The Bertz CT molecular complexity index is 885. The standard InChI is InChI=1S/C16H12BrN5OS/c1-9-4-12(2-3-13(9)17)21-14(23)8-24-16-11(7-19)5-10(6-18)15(20)22-16/h2-5H,8H2,1H3,(H2,20,22)(H,21,23)/p+1. The summed E-state index contributed by atoms with van der Waals surface area (Å²) in [5.74, 6) is 0.0657. The highest BCUT2D eigenvalue weighted by Crippen LogP contribution is 2.22. The first-order chi connectivity index (χ1) is 11.4. The lowest BCUT2D eigenvalue weighted by Gasteiger charge is -2.07. The van der Waals surface area contributed by atoms with E-state index in [0.717, 1.165) is 21.8 Å². The van der Waals surface area contributed by atoms with Gasteiger partial charge >= 0.3 is 0 Å². The molecular formula is C16H13BrN5OS+. The molecular weight excluding hydrogens is 390 g/mol. The van der Waals surface area contributed by atoms with Crippen molar-refractivity contribution in [3.05, 3.63) is 45.4 Å². The van der Waals surface area contributed by atoms with E-state index in [0.29, 0.717) is 10.7 Å². The number of aromatic nitrogens is 1. The van der Waals surface area contributed by atoms with Crippen LogP contribution >= 0.6 is 27.7 Å². The lowest BCUT2D eigenvalue weighted by molar-refractivity contribution is -0.410. The predicted octanol–water partition coefficient (Wildman–Crippen LogP) is 2.63. The van der Waals surface area contributed by atoms with Crippen LogP contribution in [0.25, 0.3) is 0 Å². The molecule has 0 fully saturated rings. The molecule has 0 saturated heterocycles. The summed E-state index contributed by atoms with van der Waals surface area (Å²) in [5, 5.41) is 21.3. The summed E-state index contributed by atoms with van der Waals surface area (Å²) in [4.78, 5) is 14.9. The smallest absolute Gasteiger partial charge is 0.289 e. The van der Waals surface area contributed by atoms with Crippen LogP contribution in [-0.4, -0.2) is 11.7 Å². The summed E-state index contributed by atoms with van der Waals surface area (Å²) >= 11 is 4.56. The van der Waals surface area contributed by atoms with Crippen LogP contribution in [0.5, 0.6) is 0 Å². The SMILES string of the molecule is Cc1cc(NC(=O)CSc2[nH+]c(N)c(C#N)cc2C#N)ccc1Br. The van der Waals surface area contributed by atoms with Crippen molar-refractivity contribution in [3.63, 3.8) is 0 Å². The lowest BCUT2D eigenvalue weighted by atomic mass is 10.2. The summed E-state index contributed by atoms with van der Waals surface area (Å²) in [7, 11) is 0. The molecule has 0 unspecified atom stereocenters. The molecule has 0 bridgehead atoms.